The summed E-state index contributed by atoms with van der Waals surface area (Å²) in [5, 5.41) is 0. The molecule has 0 spiro atoms. The minimum Gasteiger partial charge on any atom is -0.362 e. The number of ether oxygens (including phenoxy) is 1. The molecule has 0 heterocycles. The Labute approximate surface area is 148 Å². The van der Waals surface area contributed by atoms with Crippen LogP contribution < -0.4 is 9.80 Å². The van der Waals surface area contributed by atoms with Crippen LogP contribution >= 0.6 is 0 Å². The minimum absolute atomic E-state index is 0.124. The van der Waals surface area contributed by atoms with Crippen molar-refractivity contribution >= 4 is 23.2 Å². The molecule has 0 N–H and O–H groups in total. The first-order valence-corrected chi connectivity index (χ1v) is 8.46. The molecule has 0 bridgehead atoms. The third-order valence-corrected chi connectivity index (χ3v) is 3.82. The van der Waals surface area contributed by atoms with Crippen LogP contribution in [0.15, 0.2) is 60.7 Å². The van der Waals surface area contributed by atoms with Crippen LogP contribution in [0, 0.1) is 0 Å². The molecule has 2 amide bonds. The Kier molecular flexibility index (Phi) is 7.16. The standard InChI is InChI=1S/C20H24N2O3/c1-3-21(17-11-7-5-8-12-17)19(23)15-25-16-20(24)22(4-2)18-13-9-6-10-14-18/h5-14H,3-4,15-16H2,1-2H3. The second kappa shape index (κ2) is 9.59. The number of hydrogen-bond donors (Lipinski definition) is 0. The molecule has 2 aromatic carbocycles. The zero-order chi connectivity index (χ0) is 18.1. The van der Waals surface area contributed by atoms with Gasteiger partial charge in [-0.3, -0.25) is 9.59 Å². The highest BCUT2D eigenvalue weighted by molar-refractivity contribution is 5.96. The quantitative estimate of drug-likeness (QED) is 0.742. The van der Waals surface area contributed by atoms with Crippen LogP contribution in [0.4, 0.5) is 11.4 Å². The van der Waals surface area contributed by atoms with Gasteiger partial charge in [0.15, 0.2) is 0 Å². The van der Waals surface area contributed by atoms with E-state index in [-0.39, 0.29) is 25.0 Å². The van der Waals surface area contributed by atoms with Crippen LogP contribution in [-0.4, -0.2) is 38.1 Å². The number of rotatable bonds is 8. The van der Waals surface area contributed by atoms with Crippen LogP contribution in [0.25, 0.3) is 0 Å². The van der Waals surface area contributed by atoms with Gasteiger partial charge in [0, 0.05) is 24.5 Å². The van der Waals surface area contributed by atoms with E-state index < -0.39 is 0 Å². The fourth-order valence-corrected chi connectivity index (χ4v) is 2.60. The number of nitrogens with zero attached hydrogens (tertiary/aromatic N) is 2. The zero-order valence-electron chi connectivity index (χ0n) is 14.7. The lowest BCUT2D eigenvalue weighted by Gasteiger charge is -2.22. The Balaban J connectivity index is 1.88. The van der Waals surface area contributed by atoms with Gasteiger partial charge in [-0.25, -0.2) is 0 Å². The maximum absolute atomic E-state index is 12.3. The summed E-state index contributed by atoms with van der Waals surface area (Å²) in [4.78, 5) is 28.0. The van der Waals surface area contributed by atoms with E-state index in [0.717, 1.165) is 11.4 Å². The maximum Gasteiger partial charge on any atom is 0.252 e. The Morgan fingerprint density at radius 2 is 1.08 bits per heavy atom. The molecule has 0 atom stereocenters. The molecule has 0 aliphatic rings. The highest BCUT2D eigenvalue weighted by Crippen LogP contribution is 2.14. The van der Waals surface area contributed by atoms with Gasteiger partial charge in [-0.15, -0.1) is 0 Å². The van der Waals surface area contributed by atoms with Crippen LogP contribution in [-0.2, 0) is 14.3 Å². The Morgan fingerprint density at radius 1 is 0.720 bits per heavy atom. The first-order valence-electron chi connectivity index (χ1n) is 8.46. The molecule has 2 aromatic rings. The van der Waals surface area contributed by atoms with Gasteiger partial charge in [0.1, 0.15) is 13.2 Å². The number of amides is 2. The van der Waals surface area contributed by atoms with Crippen molar-refractivity contribution in [2.45, 2.75) is 13.8 Å². The molecule has 0 fully saturated rings. The van der Waals surface area contributed by atoms with Crippen LogP contribution in [0.5, 0.6) is 0 Å². The van der Waals surface area contributed by atoms with E-state index in [9.17, 15) is 9.59 Å². The van der Waals surface area contributed by atoms with Gasteiger partial charge in [0.25, 0.3) is 11.8 Å². The molecule has 132 valence electrons. The number of hydrogen-bond acceptors (Lipinski definition) is 3. The number of para-hydroxylation sites is 2. The van der Waals surface area contributed by atoms with E-state index >= 15 is 0 Å². The van der Waals surface area contributed by atoms with Crippen LogP contribution in [0.2, 0.25) is 0 Å². The van der Waals surface area contributed by atoms with Gasteiger partial charge in [0.2, 0.25) is 0 Å². The molecule has 0 saturated carbocycles. The molecule has 5 heteroatoms. The largest absolute Gasteiger partial charge is 0.362 e. The molecule has 2 rings (SSSR count). The maximum atomic E-state index is 12.3. The van der Waals surface area contributed by atoms with Gasteiger partial charge in [0.05, 0.1) is 0 Å². The van der Waals surface area contributed by atoms with Crippen LogP contribution in [0.1, 0.15) is 13.8 Å². The van der Waals surface area contributed by atoms with Crippen molar-refractivity contribution in [1.82, 2.24) is 0 Å². The van der Waals surface area contributed by atoms with Crippen molar-refractivity contribution in [2.24, 2.45) is 0 Å². The lowest BCUT2D eigenvalue weighted by molar-refractivity contribution is -0.128. The molecule has 5 nitrogen and oxygen atoms in total. The van der Waals surface area contributed by atoms with E-state index in [1.807, 2.05) is 74.5 Å². The van der Waals surface area contributed by atoms with Crippen molar-refractivity contribution in [3.8, 4) is 0 Å². The number of anilines is 2. The molecule has 0 saturated heterocycles. The highest BCUT2D eigenvalue weighted by atomic mass is 16.5. The SMILES string of the molecule is CCN(C(=O)COCC(=O)N(CC)c1ccccc1)c1ccccc1. The third kappa shape index (κ3) is 5.16. The first-order chi connectivity index (χ1) is 12.2. The number of likely N-dealkylation sites (N-methyl/N-ethyl adjacent to an activating group) is 2. The van der Waals surface area contributed by atoms with E-state index in [4.69, 9.17) is 4.74 Å². The van der Waals surface area contributed by atoms with E-state index in [2.05, 4.69) is 0 Å². The second-order valence-electron chi connectivity index (χ2n) is 5.44. The molecule has 0 aliphatic carbocycles. The predicted octanol–water partition coefficient (Wildman–Crippen LogP) is 3.11. The van der Waals surface area contributed by atoms with Gasteiger partial charge >= 0.3 is 0 Å². The molecule has 0 aliphatic heterocycles. The zero-order valence-corrected chi connectivity index (χ0v) is 14.7. The minimum atomic E-state index is -0.163. The van der Waals surface area contributed by atoms with E-state index in [1.165, 1.54) is 0 Å². The number of benzene rings is 2. The monoisotopic (exact) mass is 340 g/mol. The summed E-state index contributed by atoms with van der Waals surface area (Å²) in [6, 6.07) is 18.8. The van der Waals surface area contributed by atoms with Crippen LogP contribution in [0.3, 0.4) is 0 Å². The van der Waals surface area contributed by atoms with Crippen molar-refractivity contribution in [1.29, 1.82) is 0 Å². The fourth-order valence-electron chi connectivity index (χ4n) is 2.60. The Hall–Kier alpha value is -2.66. The topological polar surface area (TPSA) is 49.9 Å². The Morgan fingerprint density at radius 3 is 1.40 bits per heavy atom. The average Bonchev–Trinajstić information content (AvgIpc) is 2.65. The molecule has 0 unspecified atom stereocenters. The van der Waals surface area contributed by atoms with Gasteiger partial charge in [-0.2, -0.15) is 0 Å². The van der Waals surface area contributed by atoms with Crippen molar-refractivity contribution in [3.05, 3.63) is 60.7 Å². The predicted molar refractivity (Wildman–Crippen MR) is 99.8 cm³/mol. The number of carbonyl (C=O) groups is 2. The van der Waals surface area contributed by atoms with Crippen molar-refractivity contribution < 1.29 is 14.3 Å². The third-order valence-electron chi connectivity index (χ3n) is 3.82. The lowest BCUT2D eigenvalue weighted by atomic mass is 10.3. The Bertz CT molecular complexity index is 614. The fraction of sp³-hybridized carbons (Fsp3) is 0.300. The van der Waals surface area contributed by atoms with Crippen molar-refractivity contribution in [2.75, 3.05) is 36.1 Å². The molecule has 25 heavy (non-hydrogen) atoms. The lowest BCUT2D eigenvalue weighted by Crippen LogP contribution is -2.37. The summed E-state index contributed by atoms with van der Waals surface area (Å²) < 4.78 is 5.38. The van der Waals surface area contributed by atoms with Gasteiger partial charge in [-0.05, 0) is 38.1 Å². The normalized spacial score (nSPS) is 10.3. The van der Waals surface area contributed by atoms with Crippen molar-refractivity contribution in [3.63, 3.8) is 0 Å². The number of carbonyl (C=O) groups excluding carboxylic acids is 2. The summed E-state index contributed by atoms with van der Waals surface area (Å²) in [5.74, 6) is -0.325. The summed E-state index contributed by atoms with van der Waals surface area (Å²) in [6.07, 6.45) is 0. The summed E-state index contributed by atoms with van der Waals surface area (Å²) in [5.41, 5.74) is 1.65. The molecule has 0 aromatic heterocycles. The summed E-state index contributed by atoms with van der Waals surface area (Å²) in [6.45, 7) is 4.66. The molecule has 0 radical (unpaired) electrons. The summed E-state index contributed by atoms with van der Waals surface area (Å²) in [7, 11) is 0. The highest BCUT2D eigenvalue weighted by Gasteiger charge is 2.17. The van der Waals surface area contributed by atoms with E-state index in [1.54, 1.807) is 9.80 Å². The summed E-state index contributed by atoms with van der Waals surface area (Å²) >= 11 is 0. The average molecular weight is 340 g/mol. The second-order valence-corrected chi connectivity index (χ2v) is 5.44. The van der Waals surface area contributed by atoms with Gasteiger partial charge < -0.3 is 14.5 Å². The first kappa shape index (κ1) is 18.7. The smallest absolute Gasteiger partial charge is 0.252 e. The van der Waals surface area contributed by atoms with Gasteiger partial charge in [-0.1, -0.05) is 36.4 Å². The van der Waals surface area contributed by atoms with E-state index in [0.29, 0.717) is 13.1 Å². The molecular formula is C20H24N2O3. The molecular weight excluding hydrogens is 316 g/mol.